The van der Waals surface area contributed by atoms with Gasteiger partial charge in [-0.2, -0.15) is 0 Å². The van der Waals surface area contributed by atoms with Crippen LogP contribution >= 0.6 is 0 Å². The SMILES string of the molecule is NS(=O)(=O)c1cccc(C2(CC(=O)Nc3cccnc3)CCC2)c1. The number of sulfonamides is 1. The third-order valence-corrected chi connectivity index (χ3v) is 5.44. The number of carbonyl (C=O) groups is 1. The van der Waals surface area contributed by atoms with Crippen molar-refractivity contribution in [3.05, 3.63) is 54.4 Å². The Kier molecular flexibility index (Phi) is 4.38. The minimum absolute atomic E-state index is 0.0824. The van der Waals surface area contributed by atoms with Gasteiger partial charge in [0.15, 0.2) is 0 Å². The maximum Gasteiger partial charge on any atom is 0.238 e. The van der Waals surface area contributed by atoms with Crippen molar-refractivity contribution in [3.63, 3.8) is 0 Å². The number of nitrogens with one attached hydrogen (secondary N) is 1. The Labute approximate surface area is 141 Å². The van der Waals surface area contributed by atoms with Gasteiger partial charge in [-0.05, 0) is 42.7 Å². The summed E-state index contributed by atoms with van der Waals surface area (Å²) in [5, 5.41) is 8.05. The molecule has 6 nitrogen and oxygen atoms in total. The molecule has 1 aromatic heterocycles. The molecule has 7 heteroatoms. The fourth-order valence-electron chi connectivity index (χ4n) is 3.12. The van der Waals surface area contributed by atoms with Crippen molar-refractivity contribution in [3.8, 4) is 0 Å². The minimum Gasteiger partial charge on any atom is -0.325 e. The summed E-state index contributed by atoms with van der Waals surface area (Å²) in [6.07, 6.45) is 6.24. The lowest BCUT2D eigenvalue weighted by Gasteiger charge is -2.42. The number of amides is 1. The van der Waals surface area contributed by atoms with Crippen LogP contribution in [0.25, 0.3) is 0 Å². The summed E-state index contributed by atoms with van der Waals surface area (Å²) in [6.45, 7) is 0. The molecule has 1 heterocycles. The topological polar surface area (TPSA) is 102 Å². The van der Waals surface area contributed by atoms with Gasteiger partial charge < -0.3 is 5.32 Å². The zero-order valence-electron chi connectivity index (χ0n) is 13.1. The van der Waals surface area contributed by atoms with E-state index in [9.17, 15) is 13.2 Å². The normalized spacial score (nSPS) is 16.2. The third kappa shape index (κ3) is 3.47. The monoisotopic (exact) mass is 345 g/mol. The smallest absolute Gasteiger partial charge is 0.238 e. The van der Waals surface area contributed by atoms with Gasteiger partial charge in [-0.15, -0.1) is 0 Å². The lowest BCUT2D eigenvalue weighted by molar-refractivity contribution is -0.118. The van der Waals surface area contributed by atoms with Gasteiger partial charge in [0.2, 0.25) is 15.9 Å². The minimum atomic E-state index is -3.76. The van der Waals surface area contributed by atoms with Gasteiger partial charge in [0.05, 0.1) is 16.8 Å². The number of hydrogen-bond donors (Lipinski definition) is 2. The summed E-state index contributed by atoms with van der Waals surface area (Å²) in [5.41, 5.74) is 1.17. The number of primary sulfonamides is 1. The molecule has 0 atom stereocenters. The zero-order valence-corrected chi connectivity index (χ0v) is 13.9. The highest BCUT2D eigenvalue weighted by atomic mass is 32.2. The quantitative estimate of drug-likeness (QED) is 0.867. The van der Waals surface area contributed by atoms with Gasteiger partial charge in [-0.1, -0.05) is 18.6 Å². The third-order valence-electron chi connectivity index (χ3n) is 4.53. The molecule has 2 aromatic rings. The summed E-state index contributed by atoms with van der Waals surface area (Å²) in [6, 6.07) is 10.1. The molecule has 0 bridgehead atoms. The van der Waals surface area contributed by atoms with Gasteiger partial charge in [0.1, 0.15) is 0 Å². The molecule has 0 saturated heterocycles. The van der Waals surface area contributed by atoms with Crippen LogP contribution in [0.2, 0.25) is 0 Å². The van der Waals surface area contributed by atoms with E-state index in [1.54, 1.807) is 36.7 Å². The van der Waals surface area contributed by atoms with Crippen LogP contribution in [0.4, 0.5) is 5.69 Å². The van der Waals surface area contributed by atoms with Crippen molar-refractivity contribution >= 4 is 21.6 Å². The fraction of sp³-hybridized carbons (Fsp3) is 0.294. The summed E-state index contributed by atoms with van der Waals surface area (Å²) >= 11 is 0. The first-order valence-electron chi connectivity index (χ1n) is 7.72. The van der Waals surface area contributed by atoms with Crippen molar-refractivity contribution in [1.29, 1.82) is 0 Å². The van der Waals surface area contributed by atoms with Crippen molar-refractivity contribution in [1.82, 2.24) is 4.98 Å². The number of nitrogens with two attached hydrogens (primary N) is 1. The van der Waals surface area contributed by atoms with Gasteiger partial charge in [0, 0.05) is 18.0 Å². The molecule has 126 valence electrons. The van der Waals surface area contributed by atoms with Crippen LogP contribution in [0.5, 0.6) is 0 Å². The second kappa shape index (κ2) is 6.33. The van der Waals surface area contributed by atoms with E-state index in [-0.39, 0.29) is 16.2 Å². The Hall–Kier alpha value is -2.25. The van der Waals surface area contributed by atoms with Crippen molar-refractivity contribution in [2.45, 2.75) is 36.0 Å². The van der Waals surface area contributed by atoms with Crippen molar-refractivity contribution in [2.75, 3.05) is 5.32 Å². The van der Waals surface area contributed by atoms with Crippen molar-refractivity contribution < 1.29 is 13.2 Å². The molecule has 0 spiro atoms. The molecule has 1 aliphatic rings. The highest BCUT2D eigenvalue weighted by Gasteiger charge is 2.40. The average molecular weight is 345 g/mol. The van der Waals surface area contributed by atoms with E-state index in [1.165, 1.54) is 6.07 Å². The number of hydrogen-bond acceptors (Lipinski definition) is 4. The van der Waals surface area contributed by atoms with E-state index < -0.39 is 10.0 Å². The van der Waals surface area contributed by atoms with Crippen LogP contribution in [-0.2, 0) is 20.2 Å². The summed E-state index contributed by atoms with van der Waals surface area (Å²) in [4.78, 5) is 16.4. The van der Waals surface area contributed by atoms with E-state index in [2.05, 4.69) is 10.3 Å². The van der Waals surface area contributed by atoms with Crippen LogP contribution in [0, 0.1) is 0 Å². The molecule has 0 unspecified atom stereocenters. The molecule has 1 aliphatic carbocycles. The van der Waals surface area contributed by atoms with E-state index in [0.29, 0.717) is 12.1 Å². The van der Waals surface area contributed by atoms with Crippen LogP contribution < -0.4 is 10.5 Å². The molecular weight excluding hydrogens is 326 g/mol. The molecule has 3 rings (SSSR count). The number of anilines is 1. The molecule has 1 fully saturated rings. The van der Waals surface area contributed by atoms with Crippen LogP contribution in [0.1, 0.15) is 31.2 Å². The first-order chi connectivity index (χ1) is 11.4. The largest absolute Gasteiger partial charge is 0.325 e. The molecule has 0 radical (unpaired) electrons. The summed E-state index contributed by atoms with van der Waals surface area (Å²) < 4.78 is 23.1. The first kappa shape index (κ1) is 16.6. The molecule has 1 saturated carbocycles. The number of benzene rings is 1. The number of nitrogens with zero attached hydrogens (tertiary/aromatic N) is 1. The Morgan fingerprint density at radius 3 is 2.62 bits per heavy atom. The van der Waals surface area contributed by atoms with Crippen LogP contribution in [0.3, 0.4) is 0 Å². The Bertz CT molecular complexity index is 846. The second-order valence-electron chi connectivity index (χ2n) is 6.17. The number of aromatic nitrogens is 1. The Morgan fingerprint density at radius 2 is 2.04 bits per heavy atom. The molecule has 3 N–H and O–H groups in total. The Balaban J connectivity index is 1.81. The van der Waals surface area contributed by atoms with E-state index in [4.69, 9.17) is 5.14 Å². The van der Waals surface area contributed by atoms with E-state index in [0.717, 1.165) is 24.8 Å². The highest BCUT2D eigenvalue weighted by molar-refractivity contribution is 7.89. The van der Waals surface area contributed by atoms with Gasteiger partial charge in [-0.25, -0.2) is 13.6 Å². The summed E-state index contributed by atoms with van der Waals surface area (Å²) in [7, 11) is -3.76. The van der Waals surface area contributed by atoms with Crippen molar-refractivity contribution in [2.24, 2.45) is 5.14 Å². The maximum absolute atomic E-state index is 12.4. The number of rotatable bonds is 5. The fourth-order valence-corrected chi connectivity index (χ4v) is 3.68. The van der Waals surface area contributed by atoms with Crippen LogP contribution in [-0.4, -0.2) is 19.3 Å². The van der Waals surface area contributed by atoms with Gasteiger partial charge in [-0.3, -0.25) is 9.78 Å². The zero-order chi connectivity index (χ0) is 17.2. The van der Waals surface area contributed by atoms with E-state index >= 15 is 0 Å². The Morgan fingerprint density at radius 1 is 1.25 bits per heavy atom. The predicted molar refractivity (Wildman–Crippen MR) is 90.8 cm³/mol. The second-order valence-corrected chi connectivity index (χ2v) is 7.73. The van der Waals surface area contributed by atoms with E-state index in [1.807, 2.05) is 6.07 Å². The lowest BCUT2D eigenvalue weighted by Crippen LogP contribution is -2.38. The first-order valence-corrected chi connectivity index (χ1v) is 9.27. The van der Waals surface area contributed by atoms with Gasteiger partial charge in [0.25, 0.3) is 0 Å². The summed E-state index contributed by atoms with van der Waals surface area (Å²) in [5.74, 6) is -0.108. The predicted octanol–water partition coefficient (Wildman–Crippen LogP) is 2.18. The standard InChI is InChI=1S/C17H19N3O3S/c18-24(22,23)15-6-1-4-13(10-15)17(7-3-8-17)11-16(21)20-14-5-2-9-19-12-14/h1-2,4-6,9-10,12H,3,7-8,11H2,(H,20,21)(H2,18,22,23). The highest BCUT2D eigenvalue weighted by Crippen LogP contribution is 2.47. The molecule has 24 heavy (non-hydrogen) atoms. The van der Waals surface area contributed by atoms with Crippen LogP contribution in [0.15, 0.2) is 53.7 Å². The molecule has 1 amide bonds. The lowest BCUT2D eigenvalue weighted by atomic mass is 9.62. The average Bonchev–Trinajstić information content (AvgIpc) is 2.51. The van der Waals surface area contributed by atoms with Gasteiger partial charge >= 0.3 is 0 Å². The molecule has 1 aromatic carbocycles. The number of carbonyl (C=O) groups excluding carboxylic acids is 1. The molecule has 0 aliphatic heterocycles. The number of pyridine rings is 1. The maximum atomic E-state index is 12.4. The molecular formula is C17H19N3O3S.